The van der Waals surface area contributed by atoms with Crippen LogP contribution in [0.4, 0.5) is 5.82 Å². The summed E-state index contributed by atoms with van der Waals surface area (Å²) in [5.74, 6) is 0.959. The summed E-state index contributed by atoms with van der Waals surface area (Å²) in [6.07, 6.45) is 0.724. The minimum atomic E-state index is 0.546. The fraction of sp³-hybridized carbons (Fsp3) is 0.400. The molecule has 2 N–H and O–H groups in total. The smallest absolute Gasteiger partial charge is 0.128 e. The third-order valence-electron chi connectivity index (χ3n) is 1.96. The highest BCUT2D eigenvalue weighted by Crippen LogP contribution is 2.09. The van der Waals surface area contributed by atoms with Crippen LogP contribution in [0.25, 0.3) is 0 Å². The topological polar surface area (TPSA) is 42.1 Å². The van der Waals surface area contributed by atoms with E-state index in [1.807, 2.05) is 37.1 Å². The van der Waals surface area contributed by atoms with Crippen molar-refractivity contribution in [3.8, 4) is 0 Å². The van der Waals surface area contributed by atoms with Crippen LogP contribution < -0.4 is 10.6 Å². The molecule has 76 valence electrons. The Kier molecular flexibility index (Phi) is 3.83. The fourth-order valence-electron chi connectivity index (χ4n) is 1.13. The molecule has 0 amide bonds. The summed E-state index contributed by atoms with van der Waals surface area (Å²) in [7, 11) is 1.99. The van der Waals surface area contributed by atoms with Gasteiger partial charge in [0, 0.05) is 25.7 Å². The van der Waals surface area contributed by atoms with Crippen LogP contribution >= 0.6 is 12.2 Å². The molecule has 1 heterocycles. The van der Waals surface area contributed by atoms with Gasteiger partial charge in [-0.15, -0.1) is 0 Å². The van der Waals surface area contributed by atoms with Gasteiger partial charge in [0.15, 0.2) is 0 Å². The first kappa shape index (κ1) is 10.9. The Hall–Kier alpha value is -1.16. The standard InChI is InChI=1S/C10H15N3S/c1-8-4-3-5-10(12-8)13(2)7-6-9(11)14/h3-5H,6-7H2,1-2H3,(H2,11,14). The zero-order valence-electron chi connectivity index (χ0n) is 8.53. The van der Waals surface area contributed by atoms with Gasteiger partial charge in [-0.1, -0.05) is 18.3 Å². The van der Waals surface area contributed by atoms with E-state index >= 15 is 0 Å². The number of thiocarbonyl (C=S) groups is 1. The highest BCUT2D eigenvalue weighted by Gasteiger charge is 2.02. The summed E-state index contributed by atoms with van der Waals surface area (Å²) in [4.78, 5) is 6.99. The third kappa shape index (κ3) is 3.30. The molecule has 0 aromatic carbocycles. The van der Waals surface area contributed by atoms with Crippen molar-refractivity contribution in [3.05, 3.63) is 23.9 Å². The number of rotatable bonds is 4. The summed E-state index contributed by atoms with van der Waals surface area (Å²) < 4.78 is 0. The van der Waals surface area contributed by atoms with Gasteiger partial charge >= 0.3 is 0 Å². The average molecular weight is 209 g/mol. The Morgan fingerprint density at radius 2 is 2.29 bits per heavy atom. The van der Waals surface area contributed by atoms with Crippen molar-refractivity contribution < 1.29 is 0 Å². The van der Waals surface area contributed by atoms with Gasteiger partial charge in [-0.05, 0) is 19.1 Å². The second kappa shape index (κ2) is 4.91. The molecule has 0 spiro atoms. The fourth-order valence-corrected chi connectivity index (χ4v) is 1.22. The molecule has 3 nitrogen and oxygen atoms in total. The van der Waals surface area contributed by atoms with E-state index in [9.17, 15) is 0 Å². The predicted octanol–water partition coefficient (Wildman–Crippen LogP) is 1.50. The molecule has 0 bridgehead atoms. The second-order valence-electron chi connectivity index (χ2n) is 3.28. The van der Waals surface area contributed by atoms with E-state index in [1.165, 1.54) is 0 Å². The van der Waals surface area contributed by atoms with E-state index in [4.69, 9.17) is 18.0 Å². The minimum absolute atomic E-state index is 0.546. The first-order chi connectivity index (χ1) is 6.59. The van der Waals surface area contributed by atoms with Crippen LogP contribution in [-0.2, 0) is 0 Å². The maximum Gasteiger partial charge on any atom is 0.128 e. The summed E-state index contributed by atoms with van der Waals surface area (Å²) in [6, 6.07) is 5.95. The molecule has 0 aliphatic heterocycles. The molecule has 4 heteroatoms. The first-order valence-electron chi connectivity index (χ1n) is 4.52. The number of aryl methyl sites for hydroxylation is 1. The number of anilines is 1. The van der Waals surface area contributed by atoms with Crippen LogP contribution in [-0.4, -0.2) is 23.6 Å². The van der Waals surface area contributed by atoms with Crippen LogP contribution in [0.3, 0.4) is 0 Å². The van der Waals surface area contributed by atoms with E-state index in [0.29, 0.717) is 4.99 Å². The van der Waals surface area contributed by atoms with Crippen molar-refractivity contribution in [3.63, 3.8) is 0 Å². The molecular formula is C10H15N3S. The van der Waals surface area contributed by atoms with Crippen LogP contribution in [0.5, 0.6) is 0 Å². The molecule has 1 aromatic rings. The molecule has 0 radical (unpaired) electrons. The minimum Gasteiger partial charge on any atom is -0.393 e. The first-order valence-corrected chi connectivity index (χ1v) is 4.93. The quantitative estimate of drug-likeness (QED) is 0.763. The van der Waals surface area contributed by atoms with E-state index in [2.05, 4.69) is 4.98 Å². The van der Waals surface area contributed by atoms with Crippen molar-refractivity contribution in [1.82, 2.24) is 4.98 Å². The van der Waals surface area contributed by atoms with Crippen LogP contribution in [0.2, 0.25) is 0 Å². The van der Waals surface area contributed by atoms with E-state index in [-0.39, 0.29) is 0 Å². The summed E-state index contributed by atoms with van der Waals surface area (Å²) in [6.45, 7) is 2.79. The molecule has 1 aromatic heterocycles. The highest BCUT2D eigenvalue weighted by atomic mass is 32.1. The van der Waals surface area contributed by atoms with E-state index < -0.39 is 0 Å². The summed E-state index contributed by atoms with van der Waals surface area (Å²) in [5, 5.41) is 0. The number of pyridine rings is 1. The lowest BCUT2D eigenvalue weighted by Gasteiger charge is -2.17. The van der Waals surface area contributed by atoms with Crippen molar-refractivity contribution >= 4 is 23.0 Å². The molecule has 14 heavy (non-hydrogen) atoms. The summed E-state index contributed by atoms with van der Waals surface area (Å²) >= 11 is 4.82. The van der Waals surface area contributed by atoms with Gasteiger partial charge in [-0.2, -0.15) is 0 Å². The molecular weight excluding hydrogens is 194 g/mol. The molecule has 0 atom stereocenters. The lowest BCUT2D eigenvalue weighted by molar-refractivity contribution is 0.894. The Labute approximate surface area is 89.9 Å². The van der Waals surface area contributed by atoms with Gasteiger partial charge < -0.3 is 10.6 Å². The normalized spacial score (nSPS) is 9.86. The van der Waals surface area contributed by atoms with Crippen molar-refractivity contribution in [2.75, 3.05) is 18.5 Å². The van der Waals surface area contributed by atoms with Crippen LogP contribution in [0, 0.1) is 6.92 Å². The number of nitrogens with zero attached hydrogens (tertiary/aromatic N) is 2. The Morgan fingerprint density at radius 1 is 1.57 bits per heavy atom. The third-order valence-corrected chi connectivity index (χ3v) is 2.16. The molecule has 0 unspecified atom stereocenters. The molecule has 1 rings (SSSR count). The number of hydrogen-bond acceptors (Lipinski definition) is 3. The van der Waals surface area contributed by atoms with Gasteiger partial charge in [0.1, 0.15) is 5.82 Å². The van der Waals surface area contributed by atoms with Gasteiger partial charge in [0.25, 0.3) is 0 Å². The summed E-state index contributed by atoms with van der Waals surface area (Å²) in [5.41, 5.74) is 6.45. The van der Waals surface area contributed by atoms with E-state index in [1.54, 1.807) is 0 Å². The second-order valence-corrected chi connectivity index (χ2v) is 3.80. The molecule has 0 saturated carbocycles. The predicted molar refractivity (Wildman–Crippen MR) is 63.6 cm³/mol. The zero-order chi connectivity index (χ0) is 10.6. The maximum absolute atomic E-state index is 5.43. The lowest BCUT2D eigenvalue weighted by Crippen LogP contribution is -2.24. The molecule has 0 aliphatic rings. The van der Waals surface area contributed by atoms with Gasteiger partial charge in [-0.25, -0.2) is 4.98 Å². The zero-order valence-corrected chi connectivity index (χ0v) is 9.34. The van der Waals surface area contributed by atoms with Crippen LogP contribution in [0.15, 0.2) is 18.2 Å². The SMILES string of the molecule is Cc1cccc(N(C)CCC(N)=S)n1. The van der Waals surface area contributed by atoms with Gasteiger partial charge in [-0.3, -0.25) is 0 Å². The lowest BCUT2D eigenvalue weighted by atomic mass is 10.3. The largest absolute Gasteiger partial charge is 0.393 e. The number of nitrogens with two attached hydrogens (primary N) is 1. The molecule has 0 saturated heterocycles. The molecule has 0 aliphatic carbocycles. The average Bonchev–Trinajstić information content (AvgIpc) is 2.14. The van der Waals surface area contributed by atoms with Gasteiger partial charge in [0.2, 0.25) is 0 Å². The Morgan fingerprint density at radius 3 is 2.86 bits per heavy atom. The highest BCUT2D eigenvalue weighted by molar-refractivity contribution is 7.80. The number of hydrogen-bond donors (Lipinski definition) is 1. The van der Waals surface area contributed by atoms with E-state index in [0.717, 1.165) is 24.5 Å². The van der Waals surface area contributed by atoms with Crippen molar-refractivity contribution in [2.24, 2.45) is 5.73 Å². The number of aromatic nitrogens is 1. The van der Waals surface area contributed by atoms with Crippen molar-refractivity contribution in [1.29, 1.82) is 0 Å². The van der Waals surface area contributed by atoms with Crippen LogP contribution in [0.1, 0.15) is 12.1 Å². The molecule has 0 fully saturated rings. The Bertz CT molecular complexity index is 325. The van der Waals surface area contributed by atoms with Gasteiger partial charge in [0.05, 0.1) is 4.99 Å². The maximum atomic E-state index is 5.43. The van der Waals surface area contributed by atoms with Crippen molar-refractivity contribution in [2.45, 2.75) is 13.3 Å². The Balaban J connectivity index is 2.60. The monoisotopic (exact) mass is 209 g/mol.